The SMILES string of the molecule is CC(C)[C@H](NC(=O)OC(C)(C)C)C(=O)N[C@H]1CC[C@@](CCCCB2OC(C)C(C)(C)O2)(C(=O)O)C1. The number of rotatable bonds is 10. The van der Waals surface area contributed by atoms with E-state index in [0.29, 0.717) is 25.7 Å². The summed E-state index contributed by atoms with van der Waals surface area (Å²) in [6.45, 7) is 15.0. The van der Waals surface area contributed by atoms with Crippen molar-refractivity contribution in [3.63, 3.8) is 0 Å². The van der Waals surface area contributed by atoms with Gasteiger partial charge in [0.05, 0.1) is 17.1 Å². The molecule has 1 aliphatic carbocycles. The van der Waals surface area contributed by atoms with Gasteiger partial charge in [-0.25, -0.2) is 4.79 Å². The van der Waals surface area contributed by atoms with Crippen LogP contribution in [0.3, 0.4) is 0 Å². The van der Waals surface area contributed by atoms with E-state index in [9.17, 15) is 19.5 Å². The van der Waals surface area contributed by atoms with Gasteiger partial charge in [-0.15, -0.1) is 0 Å². The molecule has 0 aromatic rings. The number of unbranched alkanes of at least 4 members (excludes halogenated alkanes) is 1. The molecule has 2 aliphatic rings. The first-order valence-electron chi connectivity index (χ1n) is 12.9. The zero-order valence-electron chi connectivity index (χ0n) is 22.7. The Bertz CT molecular complexity index is 767. The van der Waals surface area contributed by atoms with Gasteiger partial charge in [-0.05, 0) is 79.5 Å². The third-order valence-corrected chi connectivity index (χ3v) is 7.15. The summed E-state index contributed by atoms with van der Waals surface area (Å²) >= 11 is 0. The lowest BCUT2D eigenvalue weighted by Gasteiger charge is -2.27. The highest BCUT2D eigenvalue weighted by Gasteiger charge is 2.46. The van der Waals surface area contributed by atoms with Crippen LogP contribution in [0, 0.1) is 11.3 Å². The minimum absolute atomic E-state index is 0.0246. The number of hydrogen-bond acceptors (Lipinski definition) is 6. The van der Waals surface area contributed by atoms with Gasteiger partial charge in [0.15, 0.2) is 0 Å². The Kier molecular flexibility index (Phi) is 9.67. The molecule has 3 N–H and O–H groups in total. The van der Waals surface area contributed by atoms with Crippen LogP contribution in [0.1, 0.15) is 93.9 Å². The highest BCUT2D eigenvalue weighted by Crippen LogP contribution is 2.43. The summed E-state index contributed by atoms with van der Waals surface area (Å²) in [5, 5.41) is 15.6. The van der Waals surface area contributed by atoms with Crippen LogP contribution in [-0.2, 0) is 23.6 Å². The largest absolute Gasteiger partial charge is 0.481 e. The minimum atomic E-state index is -0.853. The molecule has 35 heavy (non-hydrogen) atoms. The number of nitrogens with one attached hydrogen (secondary N) is 2. The molecule has 1 aliphatic heterocycles. The number of ether oxygens (including phenoxy) is 1. The van der Waals surface area contributed by atoms with Gasteiger partial charge in [0.25, 0.3) is 0 Å². The van der Waals surface area contributed by atoms with Crippen LogP contribution >= 0.6 is 0 Å². The summed E-state index contributed by atoms with van der Waals surface area (Å²) in [4.78, 5) is 37.4. The molecule has 200 valence electrons. The normalized spacial score (nSPS) is 27.1. The van der Waals surface area contributed by atoms with Crippen molar-refractivity contribution < 1.29 is 33.5 Å². The lowest BCUT2D eigenvalue weighted by molar-refractivity contribution is -0.149. The Balaban J connectivity index is 1.87. The molecular formula is C25H45BN2O7. The van der Waals surface area contributed by atoms with E-state index in [-0.39, 0.29) is 36.7 Å². The van der Waals surface area contributed by atoms with Gasteiger partial charge >= 0.3 is 19.2 Å². The first kappa shape index (κ1) is 29.4. The van der Waals surface area contributed by atoms with E-state index >= 15 is 0 Å². The molecule has 0 bridgehead atoms. The van der Waals surface area contributed by atoms with Crippen LogP contribution in [-0.4, -0.2) is 59.6 Å². The Morgan fingerprint density at radius 2 is 1.86 bits per heavy atom. The molecule has 1 saturated heterocycles. The van der Waals surface area contributed by atoms with Gasteiger partial charge in [-0.3, -0.25) is 9.59 Å². The van der Waals surface area contributed by atoms with E-state index in [4.69, 9.17) is 14.0 Å². The molecule has 4 atom stereocenters. The van der Waals surface area contributed by atoms with Crippen LogP contribution in [0.4, 0.5) is 4.79 Å². The van der Waals surface area contributed by atoms with Crippen molar-refractivity contribution in [2.24, 2.45) is 11.3 Å². The van der Waals surface area contributed by atoms with Gasteiger partial charge < -0.3 is 29.8 Å². The van der Waals surface area contributed by atoms with E-state index in [0.717, 1.165) is 19.2 Å². The maximum atomic E-state index is 13.0. The molecule has 2 fully saturated rings. The van der Waals surface area contributed by atoms with Crippen molar-refractivity contribution in [2.45, 2.75) is 130 Å². The number of carbonyl (C=O) groups is 3. The molecule has 10 heteroatoms. The predicted molar refractivity (Wildman–Crippen MR) is 134 cm³/mol. The van der Waals surface area contributed by atoms with E-state index in [1.807, 2.05) is 34.6 Å². The molecule has 0 spiro atoms. The van der Waals surface area contributed by atoms with Crippen molar-refractivity contribution in [2.75, 3.05) is 0 Å². The lowest BCUT2D eigenvalue weighted by atomic mass is 9.77. The van der Waals surface area contributed by atoms with Crippen molar-refractivity contribution in [3.05, 3.63) is 0 Å². The highest BCUT2D eigenvalue weighted by molar-refractivity contribution is 6.45. The lowest BCUT2D eigenvalue weighted by Crippen LogP contribution is -2.52. The van der Waals surface area contributed by atoms with Gasteiger partial charge in [0.1, 0.15) is 11.6 Å². The first-order valence-corrected chi connectivity index (χ1v) is 12.9. The van der Waals surface area contributed by atoms with Crippen LogP contribution in [0.5, 0.6) is 0 Å². The number of aliphatic carboxylic acids is 1. The number of carboxylic acids is 1. The standard InChI is InChI=1S/C25H45BN2O7/c1-16(2)19(28-22(32)33-23(4,5)6)20(29)27-18-11-13-25(15-18,21(30)31)12-9-10-14-26-34-17(3)24(7,8)35-26/h16-19H,9-15H2,1-8H3,(H,27,29)(H,28,32)(H,30,31)/t17?,18-,19-,25+/m0/s1. The van der Waals surface area contributed by atoms with Crippen LogP contribution in [0.2, 0.25) is 6.32 Å². The molecule has 1 heterocycles. The Morgan fingerprint density at radius 1 is 1.20 bits per heavy atom. The summed E-state index contributed by atoms with van der Waals surface area (Å²) in [5.74, 6) is -1.28. The van der Waals surface area contributed by atoms with Crippen LogP contribution in [0.15, 0.2) is 0 Å². The number of amides is 2. The number of carboxylic acid groups (broad SMARTS) is 1. The molecule has 0 aromatic heterocycles. The predicted octanol–water partition coefficient (Wildman–Crippen LogP) is 4.15. The zero-order valence-corrected chi connectivity index (χ0v) is 22.7. The number of hydrogen-bond donors (Lipinski definition) is 3. The van der Waals surface area contributed by atoms with Crippen molar-refractivity contribution >= 4 is 25.1 Å². The second kappa shape index (κ2) is 11.5. The van der Waals surface area contributed by atoms with E-state index in [1.54, 1.807) is 20.8 Å². The van der Waals surface area contributed by atoms with Gasteiger partial charge in [-0.1, -0.05) is 26.7 Å². The maximum absolute atomic E-state index is 13.0. The Morgan fingerprint density at radius 3 is 2.37 bits per heavy atom. The molecule has 1 unspecified atom stereocenters. The highest BCUT2D eigenvalue weighted by atomic mass is 16.7. The topological polar surface area (TPSA) is 123 Å². The molecule has 2 amide bonds. The smallest absolute Gasteiger partial charge is 0.457 e. The van der Waals surface area contributed by atoms with Gasteiger partial charge in [0, 0.05) is 6.04 Å². The summed E-state index contributed by atoms with van der Waals surface area (Å²) < 4.78 is 17.1. The van der Waals surface area contributed by atoms with Crippen molar-refractivity contribution in [3.8, 4) is 0 Å². The molecule has 0 aromatic carbocycles. The van der Waals surface area contributed by atoms with Crippen LogP contribution < -0.4 is 10.6 Å². The average Bonchev–Trinajstić information content (AvgIpc) is 3.22. The van der Waals surface area contributed by atoms with E-state index < -0.39 is 29.1 Å². The zero-order chi connectivity index (χ0) is 26.6. The maximum Gasteiger partial charge on any atom is 0.457 e. The second-order valence-electron chi connectivity index (χ2n) is 12.1. The quantitative estimate of drug-likeness (QED) is 0.307. The molecule has 1 saturated carbocycles. The molecular weight excluding hydrogens is 451 g/mol. The van der Waals surface area contributed by atoms with Gasteiger partial charge in [0.2, 0.25) is 5.91 Å². The summed E-state index contributed by atoms with van der Waals surface area (Å²) in [7, 11) is -0.248. The Labute approximate surface area is 210 Å². The third kappa shape index (κ3) is 8.38. The Hall–Kier alpha value is -1.81. The molecule has 0 radical (unpaired) electrons. The number of alkyl carbamates (subject to hydrolysis) is 1. The first-order chi connectivity index (χ1) is 16.0. The second-order valence-corrected chi connectivity index (χ2v) is 12.1. The van der Waals surface area contributed by atoms with Crippen LogP contribution in [0.25, 0.3) is 0 Å². The summed E-state index contributed by atoms with van der Waals surface area (Å²) in [6, 6.07) is -1.01. The monoisotopic (exact) mass is 496 g/mol. The van der Waals surface area contributed by atoms with Gasteiger partial charge in [-0.2, -0.15) is 0 Å². The van der Waals surface area contributed by atoms with Crippen molar-refractivity contribution in [1.82, 2.24) is 10.6 Å². The molecule has 2 rings (SSSR count). The minimum Gasteiger partial charge on any atom is -0.481 e. The fourth-order valence-corrected chi connectivity index (χ4v) is 4.79. The number of carbonyl (C=O) groups excluding carboxylic acids is 2. The van der Waals surface area contributed by atoms with E-state index in [1.165, 1.54) is 0 Å². The van der Waals surface area contributed by atoms with Crippen molar-refractivity contribution in [1.29, 1.82) is 0 Å². The van der Waals surface area contributed by atoms with E-state index in [2.05, 4.69) is 10.6 Å². The third-order valence-electron chi connectivity index (χ3n) is 7.15. The average molecular weight is 496 g/mol. The fraction of sp³-hybridized carbons (Fsp3) is 0.880. The summed E-state index contributed by atoms with van der Waals surface area (Å²) in [5.41, 5.74) is -1.83. The fourth-order valence-electron chi connectivity index (χ4n) is 4.79. The molecule has 9 nitrogen and oxygen atoms in total. The summed E-state index contributed by atoms with van der Waals surface area (Å²) in [6.07, 6.45) is 3.71.